The van der Waals surface area contributed by atoms with Gasteiger partial charge in [-0.15, -0.1) is 0 Å². The van der Waals surface area contributed by atoms with E-state index in [1.807, 2.05) is 49.4 Å². The highest BCUT2D eigenvalue weighted by atomic mass is 32.1. The molecular weight excluding hydrogens is 338 g/mol. The van der Waals surface area contributed by atoms with Gasteiger partial charge in [-0.3, -0.25) is 5.43 Å². The van der Waals surface area contributed by atoms with E-state index in [0.29, 0.717) is 23.2 Å². The number of thiocarbonyl (C=S) groups is 1. The van der Waals surface area contributed by atoms with E-state index in [1.54, 1.807) is 20.4 Å². The second-order valence-electron chi connectivity index (χ2n) is 4.86. The SMILES string of the molecule is CCOc1ccc(NC(=S)N/N=C\c2cccc(OC)c2OC)cc1. The van der Waals surface area contributed by atoms with Gasteiger partial charge in [0, 0.05) is 11.3 Å². The van der Waals surface area contributed by atoms with Crippen LogP contribution in [0.25, 0.3) is 0 Å². The molecule has 0 saturated carbocycles. The number of rotatable bonds is 7. The molecule has 2 aromatic rings. The van der Waals surface area contributed by atoms with E-state index in [1.165, 1.54) is 0 Å². The van der Waals surface area contributed by atoms with Gasteiger partial charge in [0.1, 0.15) is 5.75 Å². The van der Waals surface area contributed by atoms with E-state index in [0.717, 1.165) is 17.0 Å². The summed E-state index contributed by atoms with van der Waals surface area (Å²) in [4.78, 5) is 0. The molecule has 0 amide bonds. The van der Waals surface area contributed by atoms with Gasteiger partial charge in [0.25, 0.3) is 0 Å². The second kappa shape index (κ2) is 9.48. The molecule has 2 rings (SSSR count). The van der Waals surface area contributed by atoms with Gasteiger partial charge in [-0.05, 0) is 55.5 Å². The van der Waals surface area contributed by atoms with Crippen molar-refractivity contribution in [1.29, 1.82) is 0 Å². The molecule has 7 heteroatoms. The zero-order chi connectivity index (χ0) is 18.1. The Balaban J connectivity index is 1.94. The minimum absolute atomic E-state index is 0.377. The van der Waals surface area contributed by atoms with Crippen molar-refractivity contribution in [2.45, 2.75) is 6.92 Å². The Morgan fingerprint density at radius 3 is 2.52 bits per heavy atom. The van der Waals surface area contributed by atoms with Gasteiger partial charge in [0.15, 0.2) is 16.6 Å². The third-order valence-corrected chi connectivity index (χ3v) is 3.42. The molecule has 0 aromatic heterocycles. The fourth-order valence-electron chi connectivity index (χ4n) is 2.13. The monoisotopic (exact) mass is 359 g/mol. The summed E-state index contributed by atoms with van der Waals surface area (Å²) in [7, 11) is 3.17. The Bertz CT molecular complexity index is 733. The number of hydrazone groups is 1. The molecule has 132 valence electrons. The van der Waals surface area contributed by atoms with Crippen molar-refractivity contribution in [2.24, 2.45) is 5.10 Å². The Labute approximate surface area is 152 Å². The summed E-state index contributed by atoms with van der Waals surface area (Å²) in [5.74, 6) is 2.07. The zero-order valence-corrected chi connectivity index (χ0v) is 15.2. The van der Waals surface area contributed by atoms with Gasteiger partial charge in [-0.1, -0.05) is 6.07 Å². The smallest absolute Gasteiger partial charge is 0.191 e. The largest absolute Gasteiger partial charge is 0.494 e. The van der Waals surface area contributed by atoms with Gasteiger partial charge >= 0.3 is 0 Å². The average molecular weight is 359 g/mol. The maximum absolute atomic E-state index is 5.40. The standard InChI is InChI=1S/C18H21N3O3S/c1-4-24-15-10-8-14(9-11-15)20-18(25)21-19-12-13-6-5-7-16(22-2)17(13)23-3/h5-12H,4H2,1-3H3,(H2,20,21,25)/b19-12-. The molecule has 0 spiro atoms. The molecule has 0 aliphatic rings. The number of para-hydroxylation sites is 1. The van der Waals surface area contributed by atoms with Crippen LogP contribution in [0.3, 0.4) is 0 Å². The van der Waals surface area contributed by atoms with Crippen LogP contribution >= 0.6 is 12.2 Å². The number of hydrogen-bond acceptors (Lipinski definition) is 5. The van der Waals surface area contributed by atoms with Crippen LogP contribution in [0.4, 0.5) is 5.69 Å². The number of hydrogen-bond donors (Lipinski definition) is 2. The number of benzene rings is 2. The molecule has 0 bridgehead atoms. The number of anilines is 1. The van der Waals surface area contributed by atoms with E-state index in [-0.39, 0.29) is 0 Å². The van der Waals surface area contributed by atoms with Crippen LogP contribution in [-0.2, 0) is 0 Å². The van der Waals surface area contributed by atoms with Gasteiger partial charge in [0.05, 0.1) is 27.0 Å². The van der Waals surface area contributed by atoms with Crippen LogP contribution in [0.2, 0.25) is 0 Å². The van der Waals surface area contributed by atoms with Crippen molar-refractivity contribution >= 4 is 29.2 Å². The fraction of sp³-hybridized carbons (Fsp3) is 0.222. The molecule has 0 fully saturated rings. The predicted octanol–water partition coefficient (Wildman–Crippen LogP) is 3.42. The third-order valence-electron chi connectivity index (χ3n) is 3.23. The second-order valence-corrected chi connectivity index (χ2v) is 5.27. The Hall–Kier alpha value is -2.80. The summed E-state index contributed by atoms with van der Waals surface area (Å²) >= 11 is 5.22. The first kappa shape index (κ1) is 18.5. The van der Waals surface area contributed by atoms with Crippen LogP contribution < -0.4 is 25.0 Å². The summed E-state index contributed by atoms with van der Waals surface area (Å²) in [6.07, 6.45) is 1.62. The first-order valence-electron chi connectivity index (χ1n) is 7.71. The van der Waals surface area contributed by atoms with Gasteiger partial charge in [-0.25, -0.2) is 0 Å². The lowest BCUT2D eigenvalue weighted by atomic mass is 10.2. The van der Waals surface area contributed by atoms with Crippen LogP contribution in [0.1, 0.15) is 12.5 Å². The van der Waals surface area contributed by atoms with E-state index in [9.17, 15) is 0 Å². The lowest BCUT2D eigenvalue weighted by Crippen LogP contribution is -2.23. The van der Waals surface area contributed by atoms with Crippen LogP contribution in [0.5, 0.6) is 17.2 Å². The summed E-state index contributed by atoms with van der Waals surface area (Å²) < 4.78 is 16.0. The predicted molar refractivity (Wildman–Crippen MR) is 104 cm³/mol. The lowest BCUT2D eigenvalue weighted by Gasteiger charge is -2.10. The van der Waals surface area contributed by atoms with E-state index in [4.69, 9.17) is 26.4 Å². The highest BCUT2D eigenvalue weighted by Gasteiger charge is 2.07. The summed E-state index contributed by atoms with van der Waals surface area (Å²) in [5.41, 5.74) is 4.39. The van der Waals surface area contributed by atoms with Crippen molar-refractivity contribution < 1.29 is 14.2 Å². The van der Waals surface area contributed by atoms with Gasteiger partial charge in [0.2, 0.25) is 0 Å². The molecule has 25 heavy (non-hydrogen) atoms. The van der Waals surface area contributed by atoms with Crippen molar-refractivity contribution in [1.82, 2.24) is 5.43 Å². The maximum Gasteiger partial charge on any atom is 0.191 e. The molecule has 0 heterocycles. The molecule has 0 aliphatic carbocycles. The third kappa shape index (κ3) is 5.36. The topological polar surface area (TPSA) is 64.1 Å². The molecule has 0 unspecified atom stereocenters. The van der Waals surface area contributed by atoms with E-state index < -0.39 is 0 Å². The maximum atomic E-state index is 5.40. The molecule has 2 N–H and O–H groups in total. The number of methoxy groups -OCH3 is 2. The summed E-state index contributed by atoms with van der Waals surface area (Å²) in [6, 6.07) is 13.1. The van der Waals surface area contributed by atoms with Crippen LogP contribution in [-0.4, -0.2) is 32.2 Å². The minimum atomic E-state index is 0.377. The van der Waals surface area contributed by atoms with Crippen molar-refractivity contribution in [2.75, 3.05) is 26.1 Å². The Morgan fingerprint density at radius 1 is 1.12 bits per heavy atom. The Kier molecular flexibility index (Phi) is 7.03. The highest BCUT2D eigenvalue weighted by Crippen LogP contribution is 2.29. The van der Waals surface area contributed by atoms with Crippen molar-refractivity contribution in [3.8, 4) is 17.2 Å². The zero-order valence-electron chi connectivity index (χ0n) is 14.4. The van der Waals surface area contributed by atoms with E-state index in [2.05, 4.69) is 15.8 Å². The molecule has 0 aliphatic heterocycles. The van der Waals surface area contributed by atoms with E-state index >= 15 is 0 Å². The summed E-state index contributed by atoms with van der Waals surface area (Å²) in [6.45, 7) is 2.58. The number of ether oxygens (including phenoxy) is 3. The molecule has 0 radical (unpaired) electrons. The first-order chi connectivity index (χ1) is 12.2. The fourth-order valence-corrected chi connectivity index (χ4v) is 2.30. The lowest BCUT2D eigenvalue weighted by molar-refractivity contribution is 0.340. The molecule has 6 nitrogen and oxygen atoms in total. The molecule has 0 atom stereocenters. The van der Waals surface area contributed by atoms with Crippen molar-refractivity contribution in [3.05, 3.63) is 48.0 Å². The number of nitrogens with one attached hydrogen (secondary N) is 2. The molecular formula is C18H21N3O3S. The van der Waals surface area contributed by atoms with Crippen molar-refractivity contribution in [3.63, 3.8) is 0 Å². The van der Waals surface area contributed by atoms with Gasteiger partial charge in [-0.2, -0.15) is 5.10 Å². The summed E-state index contributed by atoms with van der Waals surface area (Å²) in [5, 5.41) is 7.55. The quantitative estimate of drug-likeness (QED) is 0.449. The molecule has 0 saturated heterocycles. The molecule has 2 aromatic carbocycles. The average Bonchev–Trinajstić information content (AvgIpc) is 2.63. The van der Waals surface area contributed by atoms with Crippen LogP contribution in [0.15, 0.2) is 47.6 Å². The highest BCUT2D eigenvalue weighted by molar-refractivity contribution is 7.80. The first-order valence-corrected chi connectivity index (χ1v) is 8.12. The Morgan fingerprint density at radius 2 is 1.88 bits per heavy atom. The van der Waals surface area contributed by atoms with Crippen LogP contribution in [0, 0.1) is 0 Å². The minimum Gasteiger partial charge on any atom is -0.494 e. The number of nitrogens with zero attached hydrogens (tertiary/aromatic N) is 1. The normalized spacial score (nSPS) is 10.4. The van der Waals surface area contributed by atoms with Gasteiger partial charge < -0.3 is 19.5 Å².